The first-order valence-electron chi connectivity index (χ1n) is 8.73. The van der Waals surface area contributed by atoms with Crippen LogP contribution in [0.4, 0.5) is 0 Å². The number of aliphatic carboxylic acids is 1. The Labute approximate surface area is 174 Å². The molecule has 1 aliphatic carbocycles. The van der Waals surface area contributed by atoms with Crippen molar-refractivity contribution in [2.75, 3.05) is 0 Å². The van der Waals surface area contributed by atoms with Crippen molar-refractivity contribution < 1.29 is 14.6 Å². The Morgan fingerprint density at radius 3 is 2.32 bits per heavy atom. The maximum absolute atomic E-state index is 11.9. The van der Waals surface area contributed by atoms with Gasteiger partial charge in [0.05, 0.1) is 17.9 Å². The van der Waals surface area contributed by atoms with Crippen LogP contribution in [0.3, 0.4) is 0 Å². The van der Waals surface area contributed by atoms with Crippen LogP contribution in [0.5, 0.6) is 11.5 Å². The van der Waals surface area contributed by atoms with E-state index < -0.39 is 28.6 Å². The zero-order chi connectivity index (χ0) is 20.5. The predicted octanol–water partition coefficient (Wildman–Crippen LogP) is 6.13. The molecule has 1 aliphatic rings. The molecule has 0 heterocycles. The van der Waals surface area contributed by atoms with Gasteiger partial charge in [0.1, 0.15) is 16.0 Å². The number of nitrogens with zero attached hydrogens (tertiary/aromatic N) is 1. The quantitative estimate of drug-likeness (QED) is 0.615. The van der Waals surface area contributed by atoms with Crippen LogP contribution < -0.4 is 4.74 Å². The summed E-state index contributed by atoms with van der Waals surface area (Å²) in [4.78, 5) is 11.9. The van der Waals surface area contributed by atoms with E-state index >= 15 is 0 Å². The average molecular weight is 416 g/mol. The lowest BCUT2D eigenvalue weighted by molar-refractivity contribution is -0.139. The summed E-state index contributed by atoms with van der Waals surface area (Å²) in [7, 11) is 0. The zero-order valence-electron chi connectivity index (χ0n) is 15.4. The van der Waals surface area contributed by atoms with Crippen LogP contribution in [0.1, 0.15) is 25.3 Å². The highest BCUT2D eigenvalue weighted by molar-refractivity contribution is 6.55. The van der Waals surface area contributed by atoms with Crippen LogP contribution in [-0.2, 0) is 4.79 Å². The third kappa shape index (κ3) is 3.26. The van der Waals surface area contributed by atoms with E-state index in [4.69, 9.17) is 27.9 Å². The normalized spacial score (nSPS) is 23.2. The second-order valence-electron chi connectivity index (χ2n) is 7.37. The molecule has 6 heteroatoms. The van der Waals surface area contributed by atoms with Crippen molar-refractivity contribution in [2.45, 2.75) is 19.8 Å². The minimum absolute atomic E-state index is 0.0569. The Balaban J connectivity index is 2.12. The van der Waals surface area contributed by atoms with Crippen molar-refractivity contribution >= 4 is 29.2 Å². The molecule has 2 aromatic rings. The summed E-state index contributed by atoms with van der Waals surface area (Å²) in [6.07, 6.45) is 1.50. The van der Waals surface area contributed by atoms with Crippen molar-refractivity contribution in [1.82, 2.24) is 0 Å². The number of carbonyl (C=O) groups is 1. The van der Waals surface area contributed by atoms with Crippen LogP contribution in [0.15, 0.2) is 65.2 Å². The first kappa shape index (κ1) is 20.3. The number of ether oxygens (including phenoxy) is 1. The van der Waals surface area contributed by atoms with E-state index in [2.05, 4.69) is 6.07 Å². The van der Waals surface area contributed by atoms with Crippen molar-refractivity contribution in [3.8, 4) is 17.6 Å². The van der Waals surface area contributed by atoms with Gasteiger partial charge in [-0.25, -0.2) is 0 Å². The topological polar surface area (TPSA) is 70.3 Å². The van der Waals surface area contributed by atoms with E-state index in [-0.39, 0.29) is 4.49 Å². The van der Waals surface area contributed by atoms with Crippen LogP contribution in [0.25, 0.3) is 0 Å². The molecule has 0 aromatic heterocycles. The summed E-state index contributed by atoms with van der Waals surface area (Å²) in [5, 5.41) is 19.9. The van der Waals surface area contributed by atoms with E-state index in [1.54, 1.807) is 24.3 Å². The minimum atomic E-state index is -1.05. The fraction of sp³-hybridized carbons (Fsp3) is 0.273. The van der Waals surface area contributed by atoms with Crippen molar-refractivity contribution in [3.63, 3.8) is 0 Å². The van der Waals surface area contributed by atoms with E-state index in [0.717, 1.165) is 0 Å². The molecule has 3 rings (SSSR count). The number of halogens is 2. The molecule has 1 N–H and O–H groups in total. The standard InChI is InChI=1S/C22H19Cl2NO3/c1-21(2)19(20(26)27)22(21,12-18(23)24)16(13-25)15-10-6-7-11-17(15)28-14-8-4-3-5-9-14/h3-12,16,19H,1-2H3,(H,26,27). The Bertz CT molecular complexity index is 961. The van der Waals surface area contributed by atoms with E-state index in [9.17, 15) is 15.2 Å². The Morgan fingerprint density at radius 1 is 1.18 bits per heavy atom. The van der Waals surface area contributed by atoms with Gasteiger partial charge in [0.25, 0.3) is 0 Å². The van der Waals surface area contributed by atoms with Gasteiger partial charge in [-0.05, 0) is 29.7 Å². The lowest BCUT2D eigenvalue weighted by Gasteiger charge is -2.24. The molecule has 3 atom stereocenters. The van der Waals surface area contributed by atoms with Crippen molar-refractivity contribution in [1.29, 1.82) is 5.26 Å². The second-order valence-corrected chi connectivity index (χ2v) is 8.38. The average Bonchev–Trinajstić information content (AvgIpc) is 3.12. The van der Waals surface area contributed by atoms with Crippen LogP contribution in [-0.4, -0.2) is 11.1 Å². The number of hydrogen-bond donors (Lipinski definition) is 1. The minimum Gasteiger partial charge on any atom is -0.481 e. The number of carboxylic acids is 1. The van der Waals surface area contributed by atoms with Gasteiger partial charge in [0, 0.05) is 11.0 Å². The molecule has 3 unspecified atom stereocenters. The number of nitriles is 1. The van der Waals surface area contributed by atoms with Gasteiger partial charge in [-0.1, -0.05) is 73.4 Å². The molecule has 2 aromatic carbocycles. The lowest BCUT2D eigenvalue weighted by Crippen LogP contribution is -2.19. The zero-order valence-corrected chi connectivity index (χ0v) is 16.9. The Hall–Kier alpha value is -2.48. The molecule has 0 radical (unpaired) electrons. The number of rotatable bonds is 6. The van der Waals surface area contributed by atoms with E-state index in [1.807, 2.05) is 44.2 Å². The maximum Gasteiger partial charge on any atom is 0.308 e. The molecular weight excluding hydrogens is 397 g/mol. The summed E-state index contributed by atoms with van der Waals surface area (Å²) in [5.74, 6) is -1.49. The first-order chi connectivity index (χ1) is 13.3. The van der Waals surface area contributed by atoms with Gasteiger partial charge in [-0.2, -0.15) is 5.26 Å². The van der Waals surface area contributed by atoms with Crippen molar-refractivity contribution in [2.24, 2.45) is 16.7 Å². The van der Waals surface area contributed by atoms with Crippen LogP contribution in [0, 0.1) is 28.1 Å². The van der Waals surface area contributed by atoms with Gasteiger partial charge in [-0.3, -0.25) is 4.79 Å². The van der Waals surface area contributed by atoms with Crippen LogP contribution >= 0.6 is 23.2 Å². The molecular formula is C22H19Cl2NO3. The van der Waals surface area contributed by atoms with Gasteiger partial charge < -0.3 is 9.84 Å². The number of benzene rings is 2. The fourth-order valence-corrected chi connectivity index (χ4v) is 4.64. The summed E-state index contributed by atoms with van der Waals surface area (Å²) in [6, 6.07) is 18.6. The first-order valence-corrected chi connectivity index (χ1v) is 9.49. The molecule has 28 heavy (non-hydrogen) atoms. The summed E-state index contributed by atoms with van der Waals surface area (Å²) in [6.45, 7) is 3.62. The Morgan fingerprint density at radius 2 is 1.79 bits per heavy atom. The maximum atomic E-state index is 11.9. The molecule has 0 aliphatic heterocycles. The lowest BCUT2D eigenvalue weighted by atomic mass is 9.78. The highest BCUT2D eigenvalue weighted by Gasteiger charge is 2.77. The summed E-state index contributed by atoms with van der Waals surface area (Å²) >= 11 is 11.9. The molecule has 0 saturated heterocycles. The summed E-state index contributed by atoms with van der Waals surface area (Å²) in [5.41, 5.74) is -1.17. The largest absolute Gasteiger partial charge is 0.481 e. The summed E-state index contributed by atoms with van der Waals surface area (Å²) < 4.78 is 5.94. The predicted molar refractivity (Wildman–Crippen MR) is 108 cm³/mol. The molecule has 0 amide bonds. The molecule has 0 bridgehead atoms. The van der Waals surface area contributed by atoms with Crippen LogP contribution in [0.2, 0.25) is 0 Å². The number of hydrogen-bond acceptors (Lipinski definition) is 3. The molecule has 1 saturated carbocycles. The monoisotopic (exact) mass is 415 g/mol. The van der Waals surface area contributed by atoms with Gasteiger partial charge in [-0.15, -0.1) is 0 Å². The second kappa shape index (κ2) is 7.50. The molecule has 4 nitrogen and oxygen atoms in total. The smallest absolute Gasteiger partial charge is 0.308 e. The van der Waals surface area contributed by atoms with Gasteiger partial charge >= 0.3 is 5.97 Å². The SMILES string of the molecule is CC1(C)C(C(=O)O)C1(C=C(Cl)Cl)C(C#N)c1ccccc1Oc1ccccc1. The van der Waals surface area contributed by atoms with Crippen molar-refractivity contribution in [3.05, 3.63) is 70.7 Å². The Kier molecular flexibility index (Phi) is 5.43. The van der Waals surface area contributed by atoms with E-state index in [0.29, 0.717) is 17.1 Å². The fourth-order valence-electron chi connectivity index (χ4n) is 4.28. The van der Waals surface area contributed by atoms with E-state index in [1.165, 1.54) is 6.08 Å². The number of allylic oxidation sites excluding steroid dienone is 1. The molecule has 0 spiro atoms. The number of para-hydroxylation sites is 2. The molecule has 1 fully saturated rings. The highest BCUT2D eigenvalue weighted by atomic mass is 35.5. The highest BCUT2D eigenvalue weighted by Crippen LogP contribution is 2.76. The molecule has 144 valence electrons. The number of carboxylic acid groups (broad SMARTS) is 1. The third-order valence-corrected chi connectivity index (χ3v) is 5.85. The van der Waals surface area contributed by atoms with Gasteiger partial charge in [0.2, 0.25) is 0 Å². The van der Waals surface area contributed by atoms with Gasteiger partial charge in [0.15, 0.2) is 0 Å². The third-order valence-electron chi connectivity index (χ3n) is 5.63.